The minimum Gasteiger partial charge on any atom is -0.468 e. The second kappa shape index (κ2) is 7.42. The number of carbonyl (C=O) groups is 1. The number of anilines is 1. The van der Waals surface area contributed by atoms with Crippen molar-refractivity contribution in [3.05, 3.63) is 24.3 Å². The molecule has 21 heavy (non-hydrogen) atoms. The number of nitrogens with zero attached hydrogens (tertiary/aromatic N) is 2. The first kappa shape index (κ1) is 17.5. The van der Waals surface area contributed by atoms with Crippen molar-refractivity contribution >= 4 is 21.7 Å². The van der Waals surface area contributed by atoms with Crippen LogP contribution in [0.3, 0.4) is 0 Å². The summed E-state index contributed by atoms with van der Waals surface area (Å²) in [6, 6.07) is 6.67. The van der Waals surface area contributed by atoms with Crippen molar-refractivity contribution in [2.24, 2.45) is 0 Å². The quantitative estimate of drug-likeness (QED) is 0.710. The van der Waals surface area contributed by atoms with Gasteiger partial charge in [0.05, 0.1) is 12.8 Å². The third-order valence-electron chi connectivity index (χ3n) is 3.01. The van der Waals surface area contributed by atoms with Crippen molar-refractivity contribution in [2.45, 2.75) is 18.2 Å². The van der Waals surface area contributed by atoms with E-state index < -0.39 is 16.0 Å². The molecule has 0 unspecified atom stereocenters. The predicted octanol–water partition coefficient (Wildman–Crippen LogP) is 1.33. The van der Waals surface area contributed by atoms with Gasteiger partial charge in [-0.3, -0.25) is 4.79 Å². The number of carbonyl (C=O) groups excluding carboxylic acids is 1. The maximum absolute atomic E-state index is 12.4. The molecule has 0 aliphatic rings. The lowest BCUT2D eigenvalue weighted by molar-refractivity contribution is -0.138. The van der Waals surface area contributed by atoms with E-state index in [2.05, 4.69) is 4.74 Å². The van der Waals surface area contributed by atoms with Crippen LogP contribution in [0, 0.1) is 0 Å². The summed E-state index contributed by atoms with van der Waals surface area (Å²) < 4.78 is 30.6. The van der Waals surface area contributed by atoms with Crippen LogP contribution in [0.25, 0.3) is 0 Å². The standard InChI is InChI=1S/C14H22N2O4S/c1-5-10-16(11-14(17)20-4)12-8-6-7-9-13(12)21(18,19)15(2)3/h6-9H,5,10-11H2,1-4H3. The Morgan fingerprint density at radius 3 is 2.38 bits per heavy atom. The number of sulfonamides is 1. The van der Waals surface area contributed by atoms with Crippen molar-refractivity contribution in [3.63, 3.8) is 0 Å². The van der Waals surface area contributed by atoms with Gasteiger partial charge in [0.25, 0.3) is 0 Å². The highest BCUT2D eigenvalue weighted by atomic mass is 32.2. The number of rotatable bonds is 7. The van der Waals surface area contributed by atoms with Crippen molar-refractivity contribution in [3.8, 4) is 0 Å². The van der Waals surface area contributed by atoms with Gasteiger partial charge in [0.1, 0.15) is 11.4 Å². The summed E-state index contributed by atoms with van der Waals surface area (Å²) in [7, 11) is 0.706. The highest BCUT2D eigenvalue weighted by Crippen LogP contribution is 2.27. The Kier molecular flexibility index (Phi) is 6.17. The Bertz CT molecular complexity index is 584. The average Bonchev–Trinajstić information content (AvgIpc) is 2.46. The van der Waals surface area contributed by atoms with E-state index in [4.69, 9.17) is 0 Å². The highest BCUT2D eigenvalue weighted by molar-refractivity contribution is 7.89. The van der Waals surface area contributed by atoms with Gasteiger partial charge in [-0.25, -0.2) is 12.7 Å². The Morgan fingerprint density at radius 1 is 1.24 bits per heavy atom. The number of ether oxygens (including phenoxy) is 1. The molecule has 0 aliphatic carbocycles. The van der Waals surface area contributed by atoms with Gasteiger partial charge >= 0.3 is 5.97 Å². The molecule has 0 bridgehead atoms. The second-order valence-corrected chi connectivity index (χ2v) is 6.87. The molecule has 0 amide bonds. The Morgan fingerprint density at radius 2 is 1.86 bits per heavy atom. The van der Waals surface area contributed by atoms with E-state index in [0.29, 0.717) is 12.2 Å². The van der Waals surface area contributed by atoms with Crippen LogP contribution < -0.4 is 4.90 Å². The topological polar surface area (TPSA) is 66.9 Å². The Hall–Kier alpha value is -1.60. The molecule has 7 heteroatoms. The van der Waals surface area contributed by atoms with Crippen LogP contribution in [0.15, 0.2) is 29.2 Å². The first-order valence-electron chi connectivity index (χ1n) is 6.68. The predicted molar refractivity (Wildman–Crippen MR) is 81.8 cm³/mol. The minimum absolute atomic E-state index is 0.0182. The molecule has 0 aromatic heterocycles. The normalized spacial score (nSPS) is 11.5. The molecule has 0 spiro atoms. The van der Waals surface area contributed by atoms with E-state index >= 15 is 0 Å². The van der Waals surface area contributed by atoms with Gasteiger partial charge in [-0.2, -0.15) is 0 Å². The fourth-order valence-corrected chi connectivity index (χ4v) is 3.01. The van der Waals surface area contributed by atoms with E-state index in [1.807, 2.05) is 6.92 Å². The summed E-state index contributed by atoms with van der Waals surface area (Å²) in [5.74, 6) is -0.402. The van der Waals surface area contributed by atoms with E-state index in [9.17, 15) is 13.2 Å². The molecule has 0 fully saturated rings. The van der Waals surface area contributed by atoms with Gasteiger partial charge in [0.15, 0.2) is 0 Å². The molecule has 0 atom stereocenters. The molecule has 1 aromatic carbocycles. The minimum atomic E-state index is -3.57. The van der Waals surface area contributed by atoms with Crippen LogP contribution in [0.1, 0.15) is 13.3 Å². The summed E-state index contributed by atoms with van der Waals surface area (Å²) >= 11 is 0. The number of hydrogen-bond donors (Lipinski definition) is 0. The maximum atomic E-state index is 12.4. The summed E-state index contributed by atoms with van der Waals surface area (Å²) in [6.45, 7) is 2.55. The molecule has 0 N–H and O–H groups in total. The van der Waals surface area contributed by atoms with Crippen LogP contribution in [0.4, 0.5) is 5.69 Å². The van der Waals surface area contributed by atoms with Crippen LogP contribution in [0.2, 0.25) is 0 Å². The van der Waals surface area contributed by atoms with Crippen molar-refractivity contribution < 1.29 is 17.9 Å². The number of esters is 1. The van der Waals surface area contributed by atoms with Crippen molar-refractivity contribution in [2.75, 3.05) is 39.2 Å². The van der Waals surface area contributed by atoms with Gasteiger partial charge in [-0.1, -0.05) is 19.1 Å². The van der Waals surface area contributed by atoms with Gasteiger partial charge in [-0.15, -0.1) is 0 Å². The number of para-hydroxylation sites is 1. The SMILES string of the molecule is CCCN(CC(=O)OC)c1ccccc1S(=O)(=O)N(C)C. The van der Waals surface area contributed by atoms with Crippen molar-refractivity contribution in [1.29, 1.82) is 0 Å². The maximum Gasteiger partial charge on any atom is 0.325 e. The van der Waals surface area contributed by atoms with Gasteiger partial charge in [0, 0.05) is 20.6 Å². The fourth-order valence-electron chi connectivity index (χ4n) is 1.91. The third-order valence-corrected chi connectivity index (χ3v) is 4.87. The molecular formula is C14H22N2O4S. The zero-order chi connectivity index (χ0) is 16.0. The average molecular weight is 314 g/mol. The lowest BCUT2D eigenvalue weighted by atomic mass is 10.2. The molecule has 0 aliphatic heterocycles. The highest BCUT2D eigenvalue weighted by Gasteiger charge is 2.24. The van der Waals surface area contributed by atoms with E-state index in [1.165, 1.54) is 21.2 Å². The van der Waals surface area contributed by atoms with Gasteiger partial charge in [0.2, 0.25) is 10.0 Å². The molecule has 6 nitrogen and oxygen atoms in total. The molecule has 1 rings (SSSR count). The molecule has 0 saturated carbocycles. The van der Waals surface area contributed by atoms with E-state index in [-0.39, 0.29) is 11.4 Å². The summed E-state index contributed by atoms with van der Waals surface area (Å²) in [5, 5.41) is 0. The molecule has 0 saturated heterocycles. The number of hydrogen-bond acceptors (Lipinski definition) is 5. The fraction of sp³-hybridized carbons (Fsp3) is 0.500. The van der Waals surface area contributed by atoms with Crippen LogP contribution in [-0.2, 0) is 19.6 Å². The van der Waals surface area contributed by atoms with Crippen LogP contribution in [0.5, 0.6) is 0 Å². The largest absolute Gasteiger partial charge is 0.468 e. The Balaban J connectivity index is 3.30. The molecular weight excluding hydrogens is 292 g/mol. The summed E-state index contributed by atoms with van der Waals surface area (Å²) in [6.07, 6.45) is 0.785. The molecule has 0 radical (unpaired) electrons. The lowest BCUT2D eigenvalue weighted by Gasteiger charge is -2.26. The summed E-state index contributed by atoms with van der Waals surface area (Å²) in [4.78, 5) is 13.5. The van der Waals surface area contributed by atoms with E-state index in [0.717, 1.165) is 10.7 Å². The molecule has 1 aromatic rings. The van der Waals surface area contributed by atoms with E-state index in [1.54, 1.807) is 29.2 Å². The van der Waals surface area contributed by atoms with Gasteiger partial charge < -0.3 is 9.64 Å². The molecule has 0 heterocycles. The first-order valence-corrected chi connectivity index (χ1v) is 8.12. The zero-order valence-corrected chi connectivity index (χ0v) is 13.7. The van der Waals surface area contributed by atoms with Crippen LogP contribution >= 0.6 is 0 Å². The Labute approximate surface area is 126 Å². The first-order chi connectivity index (χ1) is 9.84. The third kappa shape index (κ3) is 4.18. The monoisotopic (exact) mass is 314 g/mol. The summed E-state index contributed by atoms with van der Waals surface area (Å²) in [5.41, 5.74) is 0.512. The van der Waals surface area contributed by atoms with Crippen molar-refractivity contribution in [1.82, 2.24) is 4.31 Å². The lowest BCUT2D eigenvalue weighted by Crippen LogP contribution is -2.33. The number of methoxy groups -OCH3 is 1. The zero-order valence-electron chi connectivity index (χ0n) is 12.9. The number of benzene rings is 1. The van der Waals surface area contributed by atoms with Crippen LogP contribution in [-0.4, -0.2) is 53.0 Å². The molecule has 118 valence electrons. The second-order valence-electron chi connectivity index (χ2n) is 4.75. The smallest absolute Gasteiger partial charge is 0.325 e. The van der Waals surface area contributed by atoms with Gasteiger partial charge in [-0.05, 0) is 18.6 Å².